The average molecular weight is 246 g/mol. The number of hydrogen-bond donors (Lipinski definition) is 1. The summed E-state index contributed by atoms with van der Waals surface area (Å²) < 4.78 is 5.03. The van der Waals surface area contributed by atoms with E-state index in [0.717, 1.165) is 18.6 Å². The van der Waals surface area contributed by atoms with Crippen molar-refractivity contribution in [1.82, 2.24) is 0 Å². The molecule has 0 unspecified atom stereocenters. The number of ether oxygens (including phenoxy) is 1. The summed E-state index contributed by atoms with van der Waals surface area (Å²) >= 11 is 1.29. The molecular formula is C12H22O3S. The van der Waals surface area contributed by atoms with Crippen molar-refractivity contribution < 1.29 is 14.6 Å². The van der Waals surface area contributed by atoms with E-state index < -0.39 is 18.1 Å². The number of aliphatic hydroxyl groups is 1. The maximum atomic E-state index is 11.7. The zero-order chi connectivity index (χ0) is 12.6. The van der Waals surface area contributed by atoms with Gasteiger partial charge in [-0.2, -0.15) is 0 Å². The van der Waals surface area contributed by atoms with Crippen LogP contribution in [0.25, 0.3) is 0 Å². The van der Waals surface area contributed by atoms with Crippen LogP contribution in [0.4, 0.5) is 0 Å². The summed E-state index contributed by atoms with van der Waals surface area (Å²) in [6.07, 6.45) is 2.32. The van der Waals surface area contributed by atoms with Gasteiger partial charge in [0, 0.05) is 12.9 Å². The Kier molecular flexibility index (Phi) is 8.61. The highest BCUT2D eigenvalue weighted by Crippen LogP contribution is 2.19. The lowest BCUT2D eigenvalue weighted by Gasteiger charge is -2.22. The monoisotopic (exact) mass is 246 g/mol. The highest BCUT2D eigenvalue weighted by Gasteiger charge is 2.27. The zero-order valence-corrected chi connectivity index (χ0v) is 11.1. The van der Waals surface area contributed by atoms with Gasteiger partial charge in [0.25, 0.3) is 0 Å². The van der Waals surface area contributed by atoms with Crippen LogP contribution in [0.3, 0.4) is 0 Å². The normalized spacial score (nSPS) is 16.5. The Morgan fingerprint density at radius 2 is 2.25 bits per heavy atom. The fourth-order valence-electron chi connectivity index (χ4n) is 1.25. The molecule has 0 aliphatic rings. The van der Waals surface area contributed by atoms with Gasteiger partial charge in [-0.3, -0.25) is 4.79 Å². The summed E-state index contributed by atoms with van der Waals surface area (Å²) in [5.74, 6) is 0.391. The predicted octanol–water partition coefficient (Wildman–Crippen LogP) is 2.24. The van der Waals surface area contributed by atoms with E-state index in [1.807, 2.05) is 0 Å². The number of rotatable bonds is 8. The van der Waals surface area contributed by atoms with Crippen LogP contribution in [-0.2, 0) is 9.53 Å². The van der Waals surface area contributed by atoms with Gasteiger partial charge < -0.3 is 9.84 Å². The highest BCUT2D eigenvalue weighted by atomic mass is 32.2. The molecule has 3 nitrogen and oxygen atoms in total. The van der Waals surface area contributed by atoms with Crippen LogP contribution in [-0.4, -0.2) is 35.3 Å². The van der Waals surface area contributed by atoms with Crippen LogP contribution in [0.2, 0.25) is 0 Å². The van der Waals surface area contributed by atoms with Crippen molar-refractivity contribution >= 4 is 16.9 Å². The fraction of sp³-hybridized carbons (Fsp3) is 0.750. The van der Waals surface area contributed by atoms with Gasteiger partial charge in [-0.25, -0.2) is 0 Å². The second-order valence-electron chi connectivity index (χ2n) is 3.74. The van der Waals surface area contributed by atoms with Gasteiger partial charge in [0.05, 0.1) is 12.0 Å². The van der Waals surface area contributed by atoms with Crippen molar-refractivity contribution in [3.63, 3.8) is 0 Å². The standard InChI is InChI=1S/C12H22O3S/c1-5-7-8-16-12(14)9(3)11(13)10(6-2)15-4/h6,9-11,13H,2,5,7-8H2,1,3-4H3/t9-,10-,11-/m0/s1. The minimum atomic E-state index is -0.816. The largest absolute Gasteiger partial charge is 0.389 e. The predicted molar refractivity (Wildman–Crippen MR) is 68.5 cm³/mol. The lowest BCUT2D eigenvalue weighted by molar-refractivity contribution is -0.119. The summed E-state index contributed by atoms with van der Waals surface area (Å²) in [7, 11) is 1.50. The number of thioether (sulfide) groups is 1. The Hall–Kier alpha value is -0.320. The number of hydrogen-bond acceptors (Lipinski definition) is 4. The van der Waals surface area contributed by atoms with E-state index in [4.69, 9.17) is 4.74 Å². The first-order valence-electron chi connectivity index (χ1n) is 5.58. The summed E-state index contributed by atoms with van der Waals surface area (Å²) in [5, 5.41) is 9.89. The third kappa shape index (κ3) is 5.14. The first-order valence-corrected chi connectivity index (χ1v) is 6.57. The van der Waals surface area contributed by atoms with Gasteiger partial charge in [-0.05, 0) is 6.42 Å². The Labute approximate surface area is 102 Å². The Morgan fingerprint density at radius 3 is 2.69 bits per heavy atom. The second kappa shape index (κ2) is 8.79. The maximum Gasteiger partial charge on any atom is 0.194 e. The molecule has 0 saturated carbocycles. The molecule has 4 heteroatoms. The van der Waals surface area contributed by atoms with Crippen molar-refractivity contribution in [2.24, 2.45) is 5.92 Å². The average Bonchev–Trinajstić information content (AvgIpc) is 2.29. The molecule has 0 amide bonds. The molecule has 3 atom stereocenters. The molecule has 0 spiro atoms. The molecule has 0 fully saturated rings. The molecule has 0 bridgehead atoms. The van der Waals surface area contributed by atoms with E-state index in [1.54, 1.807) is 6.92 Å². The summed E-state index contributed by atoms with van der Waals surface area (Å²) in [6.45, 7) is 7.38. The van der Waals surface area contributed by atoms with Crippen LogP contribution in [0, 0.1) is 5.92 Å². The van der Waals surface area contributed by atoms with Gasteiger partial charge in [0.15, 0.2) is 5.12 Å². The van der Waals surface area contributed by atoms with Gasteiger partial charge in [0.1, 0.15) is 6.10 Å². The molecule has 0 saturated heterocycles. The summed E-state index contributed by atoms with van der Waals surface area (Å²) in [5.41, 5.74) is 0. The molecule has 0 aliphatic heterocycles. The number of methoxy groups -OCH3 is 1. The zero-order valence-electron chi connectivity index (χ0n) is 10.3. The van der Waals surface area contributed by atoms with E-state index >= 15 is 0 Å². The van der Waals surface area contributed by atoms with E-state index in [1.165, 1.54) is 24.9 Å². The minimum absolute atomic E-state index is 0.0184. The number of carbonyl (C=O) groups excluding carboxylic acids is 1. The molecule has 0 heterocycles. The van der Waals surface area contributed by atoms with Gasteiger partial charge in [0.2, 0.25) is 0 Å². The fourth-order valence-corrected chi connectivity index (χ4v) is 2.28. The van der Waals surface area contributed by atoms with E-state index in [0.29, 0.717) is 0 Å². The third-order valence-electron chi connectivity index (χ3n) is 2.47. The quantitative estimate of drug-likeness (QED) is 0.527. The van der Waals surface area contributed by atoms with Crippen molar-refractivity contribution in [2.45, 2.75) is 38.9 Å². The van der Waals surface area contributed by atoms with Crippen molar-refractivity contribution in [3.8, 4) is 0 Å². The maximum absolute atomic E-state index is 11.7. The van der Waals surface area contributed by atoms with E-state index in [2.05, 4.69) is 13.5 Å². The topological polar surface area (TPSA) is 46.5 Å². The molecule has 0 aromatic rings. The van der Waals surface area contributed by atoms with E-state index in [-0.39, 0.29) is 5.12 Å². The lowest BCUT2D eigenvalue weighted by atomic mass is 10.0. The van der Waals surface area contributed by atoms with Crippen LogP contribution in [0.1, 0.15) is 26.7 Å². The van der Waals surface area contributed by atoms with Gasteiger partial charge in [-0.1, -0.05) is 38.1 Å². The molecule has 0 aromatic heterocycles. The molecule has 16 heavy (non-hydrogen) atoms. The smallest absolute Gasteiger partial charge is 0.194 e. The van der Waals surface area contributed by atoms with Crippen molar-refractivity contribution in [2.75, 3.05) is 12.9 Å². The Bertz CT molecular complexity index is 218. The number of aliphatic hydroxyl groups excluding tert-OH is 1. The van der Waals surface area contributed by atoms with Gasteiger partial charge >= 0.3 is 0 Å². The SMILES string of the molecule is C=C[C@H](OC)[C@@H](O)[C@H](C)C(=O)SCCCC. The molecule has 0 rings (SSSR count). The molecule has 0 radical (unpaired) electrons. The Morgan fingerprint density at radius 1 is 1.62 bits per heavy atom. The van der Waals surface area contributed by atoms with Crippen LogP contribution in [0.5, 0.6) is 0 Å². The van der Waals surface area contributed by atoms with Crippen LogP contribution in [0.15, 0.2) is 12.7 Å². The first-order chi connectivity index (χ1) is 7.58. The lowest BCUT2D eigenvalue weighted by Crippen LogP contribution is -2.35. The van der Waals surface area contributed by atoms with E-state index in [9.17, 15) is 9.90 Å². The number of carbonyl (C=O) groups is 1. The molecule has 0 aliphatic carbocycles. The number of unbranched alkanes of at least 4 members (excludes halogenated alkanes) is 1. The highest BCUT2D eigenvalue weighted by molar-refractivity contribution is 8.13. The third-order valence-corrected chi connectivity index (χ3v) is 3.62. The molecule has 1 N–H and O–H groups in total. The van der Waals surface area contributed by atoms with Crippen LogP contribution >= 0.6 is 11.8 Å². The molecule has 94 valence electrons. The first kappa shape index (κ1) is 15.7. The Balaban J connectivity index is 4.14. The summed E-state index contributed by atoms with van der Waals surface area (Å²) in [4.78, 5) is 11.7. The molecular weight excluding hydrogens is 224 g/mol. The van der Waals surface area contributed by atoms with Crippen molar-refractivity contribution in [1.29, 1.82) is 0 Å². The van der Waals surface area contributed by atoms with Crippen molar-refractivity contribution in [3.05, 3.63) is 12.7 Å². The summed E-state index contributed by atoms with van der Waals surface area (Å²) in [6, 6.07) is 0. The van der Waals surface area contributed by atoms with Crippen LogP contribution < -0.4 is 0 Å². The minimum Gasteiger partial charge on any atom is -0.389 e. The molecule has 0 aromatic carbocycles. The van der Waals surface area contributed by atoms with Gasteiger partial charge in [-0.15, -0.1) is 6.58 Å². The second-order valence-corrected chi connectivity index (χ2v) is 4.84.